The molecule has 0 saturated carbocycles. The lowest BCUT2D eigenvalue weighted by Crippen LogP contribution is -2.25. The number of rotatable bonds is 8. The van der Waals surface area contributed by atoms with E-state index in [1.54, 1.807) is 6.07 Å². The van der Waals surface area contributed by atoms with Gasteiger partial charge in [-0.05, 0) is 55.4 Å². The second kappa shape index (κ2) is 8.54. The molecule has 0 aliphatic carbocycles. The molecule has 3 aromatic rings. The van der Waals surface area contributed by atoms with E-state index in [4.69, 9.17) is 0 Å². The number of aromatic nitrogens is 1. The number of halogens is 1. The van der Waals surface area contributed by atoms with Crippen LogP contribution in [0.4, 0.5) is 4.39 Å². The largest absolute Gasteiger partial charge is 0.357 e. The topological polar surface area (TPSA) is 19.0 Å². The van der Waals surface area contributed by atoms with E-state index in [0.29, 0.717) is 0 Å². The van der Waals surface area contributed by atoms with Gasteiger partial charge in [0.1, 0.15) is 5.82 Å². The van der Waals surface area contributed by atoms with Gasteiger partial charge in [0.15, 0.2) is 0 Å². The fraction of sp³-hybridized carbons (Fsp3) is 0.333. The number of benzene rings is 2. The Morgan fingerprint density at radius 1 is 1.04 bits per heavy atom. The molecule has 3 rings (SSSR count). The molecule has 0 aliphatic rings. The summed E-state index contributed by atoms with van der Waals surface area (Å²) in [5.41, 5.74) is 3.49. The van der Waals surface area contributed by atoms with E-state index in [1.165, 1.54) is 22.2 Å². The first-order chi connectivity index (χ1) is 12.2. The van der Waals surface area contributed by atoms with Crippen LogP contribution in [0.5, 0.6) is 0 Å². The average molecular weight is 357 g/mol. The maximum Gasteiger partial charge on any atom is 0.123 e. The molecule has 25 heavy (non-hydrogen) atoms. The van der Waals surface area contributed by atoms with Crippen molar-refractivity contribution in [1.29, 1.82) is 0 Å². The monoisotopic (exact) mass is 356 g/mol. The summed E-state index contributed by atoms with van der Waals surface area (Å²) >= 11 is 1.81. The third-order valence-corrected chi connectivity index (χ3v) is 5.69. The second-order valence-corrected chi connectivity index (χ2v) is 7.20. The number of hydrogen-bond donors (Lipinski definition) is 1. The predicted octanol–water partition coefficient (Wildman–Crippen LogP) is 5.48. The summed E-state index contributed by atoms with van der Waals surface area (Å²) in [6.45, 7) is 7.46. The first-order valence-corrected chi connectivity index (χ1v) is 9.89. The van der Waals surface area contributed by atoms with Crippen molar-refractivity contribution in [3.05, 3.63) is 65.6 Å². The minimum absolute atomic E-state index is 0.169. The maximum atomic E-state index is 13.8. The van der Waals surface area contributed by atoms with Crippen LogP contribution in [0.2, 0.25) is 0 Å². The average Bonchev–Trinajstić information content (AvgIpc) is 2.98. The standard InChI is InChI=1S/C21H25FN2S/c1-3-24(4-2)13-12-18-19-14-16(22)10-11-20(19)23-21(18)15-25-17-8-6-5-7-9-17/h5-11,14,23H,3-4,12-13,15H2,1-2H3. The third kappa shape index (κ3) is 4.44. The summed E-state index contributed by atoms with van der Waals surface area (Å²) < 4.78 is 13.8. The minimum Gasteiger partial charge on any atom is -0.357 e. The van der Waals surface area contributed by atoms with Gasteiger partial charge in [-0.15, -0.1) is 11.8 Å². The van der Waals surface area contributed by atoms with E-state index in [-0.39, 0.29) is 5.82 Å². The fourth-order valence-corrected chi connectivity index (χ4v) is 4.07. The highest BCUT2D eigenvalue weighted by Crippen LogP contribution is 2.29. The van der Waals surface area contributed by atoms with Gasteiger partial charge in [-0.25, -0.2) is 4.39 Å². The summed E-state index contributed by atoms with van der Waals surface area (Å²) in [5, 5.41) is 1.02. The molecule has 0 fully saturated rings. The number of thioether (sulfide) groups is 1. The Bertz CT molecular complexity index is 809. The first-order valence-electron chi connectivity index (χ1n) is 8.90. The Morgan fingerprint density at radius 2 is 1.80 bits per heavy atom. The fourth-order valence-electron chi connectivity index (χ4n) is 3.17. The molecular formula is C21H25FN2S. The normalized spacial score (nSPS) is 11.5. The number of likely N-dealkylation sites (N-methyl/N-ethyl adjacent to an activating group) is 1. The first kappa shape index (κ1) is 18.0. The molecule has 0 amide bonds. The maximum absolute atomic E-state index is 13.8. The van der Waals surface area contributed by atoms with Crippen LogP contribution in [0.15, 0.2) is 53.4 Å². The molecule has 0 saturated heterocycles. The molecule has 1 N–H and O–H groups in total. The van der Waals surface area contributed by atoms with E-state index in [9.17, 15) is 4.39 Å². The van der Waals surface area contributed by atoms with Gasteiger partial charge in [0.05, 0.1) is 0 Å². The molecule has 0 bridgehead atoms. The van der Waals surface area contributed by atoms with Crippen LogP contribution in [0.25, 0.3) is 10.9 Å². The molecule has 0 aliphatic heterocycles. The van der Waals surface area contributed by atoms with Crippen molar-refractivity contribution in [3.63, 3.8) is 0 Å². The second-order valence-electron chi connectivity index (χ2n) is 6.15. The predicted molar refractivity (Wildman–Crippen MR) is 106 cm³/mol. The molecule has 132 valence electrons. The molecular weight excluding hydrogens is 331 g/mol. The molecule has 2 nitrogen and oxygen atoms in total. The van der Waals surface area contributed by atoms with Gasteiger partial charge in [0, 0.05) is 33.8 Å². The van der Waals surface area contributed by atoms with Crippen molar-refractivity contribution in [3.8, 4) is 0 Å². The molecule has 0 unspecified atom stereocenters. The molecule has 1 aromatic heterocycles. The quantitative estimate of drug-likeness (QED) is 0.539. The van der Waals surface area contributed by atoms with Gasteiger partial charge in [-0.2, -0.15) is 0 Å². The lowest BCUT2D eigenvalue weighted by Gasteiger charge is -2.18. The minimum atomic E-state index is -0.169. The highest BCUT2D eigenvalue weighted by atomic mass is 32.2. The Balaban J connectivity index is 1.86. The van der Waals surface area contributed by atoms with Crippen molar-refractivity contribution in [1.82, 2.24) is 9.88 Å². The zero-order valence-corrected chi connectivity index (χ0v) is 15.7. The van der Waals surface area contributed by atoms with E-state index in [1.807, 2.05) is 23.9 Å². The number of aromatic amines is 1. The molecule has 1 heterocycles. The zero-order chi connectivity index (χ0) is 17.6. The lowest BCUT2D eigenvalue weighted by atomic mass is 10.1. The van der Waals surface area contributed by atoms with E-state index >= 15 is 0 Å². The highest BCUT2D eigenvalue weighted by Gasteiger charge is 2.13. The summed E-state index contributed by atoms with van der Waals surface area (Å²) in [6.07, 6.45) is 0.940. The van der Waals surface area contributed by atoms with Crippen molar-refractivity contribution >= 4 is 22.7 Å². The van der Waals surface area contributed by atoms with Gasteiger partial charge in [0.2, 0.25) is 0 Å². The molecule has 2 aromatic carbocycles. The van der Waals surface area contributed by atoms with Gasteiger partial charge in [-0.1, -0.05) is 32.0 Å². The van der Waals surface area contributed by atoms with Crippen LogP contribution in [-0.4, -0.2) is 29.5 Å². The van der Waals surface area contributed by atoms with Gasteiger partial charge in [-0.3, -0.25) is 0 Å². The van der Waals surface area contributed by atoms with Crippen LogP contribution in [0.1, 0.15) is 25.1 Å². The lowest BCUT2D eigenvalue weighted by molar-refractivity contribution is 0.308. The number of nitrogens with one attached hydrogen (secondary N) is 1. The Kier molecular flexibility index (Phi) is 6.16. The summed E-state index contributed by atoms with van der Waals surface area (Å²) in [5.74, 6) is 0.700. The van der Waals surface area contributed by atoms with Crippen LogP contribution in [0.3, 0.4) is 0 Å². The summed E-state index contributed by atoms with van der Waals surface area (Å²) in [7, 11) is 0. The highest BCUT2D eigenvalue weighted by molar-refractivity contribution is 7.98. The van der Waals surface area contributed by atoms with Crippen molar-refractivity contribution in [2.24, 2.45) is 0 Å². The Labute approximate surface area is 153 Å². The number of H-pyrrole nitrogens is 1. The van der Waals surface area contributed by atoms with Crippen molar-refractivity contribution in [2.75, 3.05) is 19.6 Å². The van der Waals surface area contributed by atoms with E-state index in [2.05, 4.69) is 48.0 Å². The summed E-state index contributed by atoms with van der Waals surface area (Å²) in [6, 6.07) is 15.5. The Hall–Kier alpha value is -1.78. The van der Waals surface area contributed by atoms with Gasteiger partial charge < -0.3 is 9.88 Å². The Morgan fingerprint density at radius 3 is 2.52 bits per heavy atom. The van der Waals surface area contributed by atoms with E-state index in [0.717, 1.165) is 42.7 Å². The SMILES string of the molecule is CCN(CC)CCc1c(CSc2ccccc2)[nH]c2ccc(F)cc12. The van der Waals surface area contributed by atoms with Gasteiger partial charge >= 0.3 is 0 Å². The number of nitrogens with zero attached hydrogens (tertiary/aromatic N) is 1. The molecule has 4 heteroatoms. The molecule has 0 atom stereocenters. The van der Waals surface area contributed by atoms with Crippen LogP contribution in [0, 0.1) is 5.82 Å². The molecule has 0 radical (unpaired) electrons. The molecule has 0 spiro atoms. The number of fused-ring (bicyclic) bond motifs is 1. The van der Waals surface area contributed by atoms with Crippen molar-refractivity contribution in [2.45, 2.75) is 30.9 Å². The summed E-state index contributed by atoms with van der Waals surface area (Å²) in [4.78, 5) is 7.18. The van der Waals surface area contributed by atoms with Crippen LogP contribution >= 0.6 is 11.8 Å². The third-order valence-electron chi connectivity index (χ3n) is 4.66. The smallest absolute Gasteiger partial charge is 0.123 e. The van der Waals surface area contributed by atoms with Crippen LogP contribution in [-0.2, 0) is 12.2 Å². The van der Waals surface area contributed by atoms with E-state index < -0.39 is 0 Å². The number of hydrogen-bond acceptors (Lipinski definition) is 2. The van der Waals surface area contributed by atoms with Crippen molar-refractivity contribution < 1.29 is 4.39 Å². The van der Waals surface area contributed by atoms with Gasteiger partial charge in [0.25, 0.3) is 0 Å². The zero-order valence-electron chi connectivity index (χ0n) is 14.9. The van der Waals surface area contributed by atoms with Crippen LogP contribution < -0.4 is 0 Å².